The summed E-state index contributed by atoms with van der Waals surface area (Å²) in [6, 6.07) is 9.73. The van der Waals surface area contributed by atoms with Gasteiger partial charge in [0.1, 0.15) is 17.1 Å². The van der Waals surface area contributed by atoms with E-state index in [1.165, 1.54) is 6.07 Å². The minimum atomic E-state index is -0.397. The minimum absolute atomic E-state index is 0.0403. The summed E-state index contributed by atoms with van der Waals surface area (Å²) < 4.78 is 0. The number of aromatic nitrogens is 2. The van der Waals surface area contributed by atoms with Crippen LogP contribution in [0.4, 0.5) is 0 Å². The van der Waals surface area contributed by atoms with Gasteiger partial charge in [0.2, 0.25) is 0 Å². The zero-order valence-corrected chi connectivity index (χ0v) is 18.5. The number of carbonyl (C=O) groups excluding carboxylic acids is 1. The first kappa shape index (κ1) is 21.0. The maximum Gasteiger partial charge on any atom is 0.273 e. The lowest BCUT2D eigenvalue weighted by Gasteiger charge is -2.26. The van der Waals surface area contributed by atoms with Gasteiger partial charge in [-0.1, -0.05) is 60.6 Å². The third-order valence-corrected chi connectivity index (χ3v) is 6.31. The number of amides is 1. The normalized spacial score (nSPS) is 15.7. The number of fused-ring (bicyclic) bond motifs is 1. The van der Waals surface area contributed by atoms with E-state index in [4.69, 9.17) is 34.8 Å². The molecule has 0 spiro atoms. The zero-order valence-electron chi connectivity index (χ0n) is 16.3. The highest BCUT2D eigenvalue weighted by Gasteiger charge is 2.42. The predicted octanol–water partition coefficient (Wildman–Crippen LogP) is 6.48. The van der Waals surface area contributed by atoms with Gasteiger partial charge in [-0.3, -0.25) is 9.89 Å². The molecule has 2 aromatic carbocycles. The van der Waals surface area contributed by atoms with Crippen LogP contribution in [0.15, 0.2) is 36.4 Å². The smallest absolute Gasteiger partial charge is 0.273 e. The fourth-order valence-corrected chi connectivity index (χ4v) is 4.37. The van der Waals surface area contributed by atoms with Crippen molar-refractivity contribution in [3.05, 3.63) is 68.3 Å². The molecule has 0 bridgehead atoms. The van der Waals surface area contributed by atoms with Crippen molar-refractivity contribution in [1.82, 2.24) is 15.1 Å². The number of hydrogen-bond donors (Lipinski definition) is 2. The van der Waals surface area contributed by atoms with Gasteiger partial charge >= 0.3 is 0 Å². The summed E-state index contributed by atoms with van der Waals surface area (Å²) in [5, 5.41) is 19.0. The van der Waals surface area contributed by atoms with Crippen LogP contribution < -0.4 is 0 Å². The number of nitrogens with zero attached hydrogens (tertiary/aromatic N) is 2. The zero-order chi connectivity index (χ0) is 21.4. The Morgan fingerprint density at radius 2 is 1.90 bits per heavy atom. The Balaban J connectivity index is 1.87. The molecule has 5 nitrogen and oxygen atoms in total. The summed E-state index contributed by atoms with van der Waals surface area (Å²) >= 11 is 18.6. The first-order valence-corrected chi connectivity index (χ1v) is 10.9. The molecule has 3 aromatic rings. The summed E-state index contributed by atoms with van der Waals surface area (Å²) in [4.78, 5) is 15.1. The van der Waals surface area contributed by atoms with Crippen LogP contribution in [0.5, 0.6) is 5.75 Å². The molecule has 1 aromatic heterocycles. The quantitative estimate of drug-likeness (QED) is 0.410. The number of hydrogen-bond acceptors (Lipinski definition) is 3. The molecule has 2 heterocycles. The predicted molar refractivity (Wildman–Crippen MR) is 120 cm³/mol. The van der Waals surface area contributed by atoms with Gasteiger partial charge in [0.25, 0.3) is 5.91 Å². The number of phenolic OH excluding ortho intramolecular Hbond substituents is 1. The topological polar surface area (TPSA) is 69.2 Å². The number of aromatic hydroxyl groups is 1. The van der Waals surface area contributed by atoms with Crippen LogP contribution in [0, 0.1) is 0 Å². The van der Waals surface area contributed by atoms with E-state index in [1.54, 1.807) is 24.3 Å². The van der Waals surface area contributed by atoms with Gasteiger partial charge in [-0.05, 0) is 42.3 Å². The van der Waals surface area contributed by atoms with Crippen LogP contribution in [-0.2, 0) is 0 Å². The Kier molecular flexibility index (Phi) is 5.96. The summed E-state index contributed by atoms with van der Waals surface area (Å²) in [7, 11) is 0. The van der Waals surface area contributed by atoms with Gasteiger partial charge in [-0.15, -0.1) is 0 Å². The molecule has 0 radical (unpaired) electrons. The lowest BCUT2D eigenvalue weighted by Crippen LogP contribution is -2.30. The second-order valence-corrected chi connectivity index (χ2v) is 8.55. The van der Waals surface area contributed by atoms with Crippen LogP contribution in [0.3, 0.4) is 0 Å². The summed E-state index contributed by atoms with van der Waals surface area (Å²) in [5.74, 6) is -0.0871. The number of carbonyl (C=O) groups is 1. The molecule has 0 saturated heterocycles. The van der Waals surface area contributed by atoms with Gasteiger partial charge in [-0.2, -0.15) is 5.10 Å². The molecule has 0 saturated carbocycles. The van der Waals surface area contributed by atoms with Crippen molar-refractivity contribution < 1.29 is 9.90 Å². The van der Waals surface area contributed by atoms with Gasteiger partial charge in [0.15, 0.2) is 0 Å². The molecule has 2 N–H and O–H groups in total. The van der Waals surface area contributed by atoms with Crippen molar-refractivity contribution in [2.24, 2.45) is 0 Å². The standard InChI is InChI=1S/C22H20Cl3N3O2/c1-2-3-4-9-28-21(12-5-7-15(24)16(25)10-12)18-19(26-27-20(18)22(28)30)14-11-13(23)6-8-17(14)29/h5-8,10-11,21,29H,2-4,9H2,1H3,(H,26,27). The van der Waals surface area contributed by atoms with Crippen molar-refractivity contribution in [1.29, 1.82) is 0 Å². The van der Waals surface area contributed by atoms with E-state index >= 15 is 0 Å². The third kappa shape index (κ3) is 3.66. The average molecular weight is 465 g/mol. The number of benzene rings is 2. The molecule has 1 aliphatic heterocycles. The van der Waals surface area contributed by atoms with E-state index in [2.05, 4.69) is 17.1 Å². The van der Waals surface area contributed by atoms with Gasteiger partial charge < -0.3 is 10.0 Å². The first-order valence-electron chi connectivity index (χ1n) is 9.75. The molecule has 4 rings (SSSR count). The number of halogens is 3. The van der Waals surface area contributed by atoms with Crippen LogP contribution in [-0.4, -0.2) is 32.7 Å². The molecule has 1 atom stereocenters. The first-order chi connectivity index (χ1) is 14.4. The summed E-state index contributed by atoms with van der Waals surface area (Å²) in [6.07, 6.45) is 2.95. The number of unbranched alkanes of at least 4 members (excludes halogenated alkanes) is 2. The van der Waals surface area contributed by atoms with E-state index in [9.17, 15) is 9.90 Å². The molecule has 1 unspecified atom stereocenters. The van der Waals surface area contributed by atoms with Crippen LogP contribution in [0.25, 0.3) is 11.3 Å². The van der Waals surface area contributed by atoms with E-state index in [1.807, 2.05) is 11.0 Å². The number of rotatable bonds is 6. The Morgan fingerprint density at radius 3 is 2.63 bits per heavy atom. The van der Waals surface area contributed by atoms with E-state index < -0.39 is 6.04 Å². The SMILES string of the molecule is CCCCCN1C(=O)c2[nH]nc(-c3cc(Cl)ccc3O)c2C1c1ccc(Cl)c(Cl)c1. The number of nitrogens with one attached hydrogen (secondary N) is 1. The molecule has 30 heavy (non-hydrogen) atoms. The monoisotopic (exact) mass is 463 g/mol. The Morgan fingerprint density at radius 1 is 1.10 bits per heavy atom. The minimum Gasteiger partial charge on any atom is -0.507 e. The number of aromatic amines is 1. The molecule has 1 amide bonds. The van der Waals surface area contributed by atoms with Crippen molar-refractivity contribution in [2.45, 2.75) is 32.2 Å². The molecule has 0 aliphatic carbocycles. The fraction of sp³-hybridized carbons (Fsp3) is 0.273. The maximum atomic E-state index is 13.2. The highest BCUT2D eigenvalue weighted by molar-refractivity contribution is 6.42. The van der Waals surface area contributed by atoms with Crippen molar-refractivity contribution in [3.8, 4) is 17.0 Å². The molecule has 156 valence electrons. The molecular formula is C22H20Cl3N3O2. The van der Waals surface area contributed by atoms with Crippen LogP contribution in [0.1, 0.15) is 53.8 Å². The lowest BCUT2D eigenvalue weighted by molar-refractivity contribution is 0.0740. The second-order valence-electron chi connectivity index (χ2n) is 7.30. The summed E-state index contributed by atoms with van der Waals surface area (Å²) in [5.41, 5.74) is 2.90. The van der Waals surface area contributed by atoms with Gasteiger partial charge in [0, 0.05) is 22.7 Å². The van der Waals surface area contributed by atoms with Crippen molar-refractivity contribution in [3.63, 3.8) is 0 Å². The fourth-order valence-electron chi connectivity index (χ4n) is 3.89. The second kappa shape index (κ2) is 8.50. The van der Waals surface area contributed by atoms with E-state index in [0.717, 1.165) is 24.8 Å². The van der Waals surface area contributed by atoms with Gasteiger partial charge in [0.05, 0.1) is 16.1 Å². The summed E-state index contributed by atoms with van der Waals surface area (Å²) in [6.45, 7) is 2.72. The van der Waals surface area contributed by atoms with Gasteiger partial charge in [-0.25, -0.2) is 0 Å². The van der Waals surface area contributed by atoms with Crippen LogP contribution >= 0.6 is 34.8 Å². The van der Waals surface area contributed by atoms with E-state index in [-0.39, 0.29) is 11.7 Å². The van der Waals surface area contributed by atoms with Crippen LogP contribution in [0.2, 0.25) is 15.1 Å². The van der Waals surface area contributed by atoms with Crippen molar-refractivity contribution >= 4 is 40.7 Å². The Hall–Kier alpha value is -2.21. The lowest BCUT2D eigenvalue weighted by atomic mass is 9.95. The highest BCUT2D eigenvalue weighted by Crippen LogP contribution is 2.45. The maximum absolute atomic E-state index is 13.2. The number of H-pyrrole nitrogens is 1. The highest BCUT2D eigenvalue weighted by atomic mass is 35.5. The van der Waals surface area contributed by atoms with Crippen molar-refractivity contribution in [2.75, 3.05) is 6.54 Å². The number of phenols is 1. The molecular weight excluding hydrogens is 445 g/mol. The average Bonchev–Trinajstić information content (AvgIpc) is 3.26. The van der Waals surface area contributed by atoms with E-state index in [0.29, 0.717) is 44.1 Å². The third-order valence-electron chi connectivity index (χ3n) is 5.34. The largest absolute Gasteiger partial charge is 0.507 e. The molecule has 8 heteroatoms. The molecule has 1 aliphatic rings. The molecule has 0 fully saturated rings. The Bertz CT molecular complexity index is 1110. The Labute approximate surface area is 189 Å².